The lowest BCUT2D eigenvalue weighted by Crippen LogP contribution is -2.36. The van der Waals surface area contributed by atoms with E-state index in [1.807, 2.05) is 31.2 Å². The van der Waals surface area contributed by atoms with Gasteiger partial charge in [-0.25, -0.2) is 0 Å². The summed E-state index contributed by atoms with van der Waals surface area (Å²) in [6, 6.07) is 7.92. The largest absolute Gasteiger partial charge is 0.494 e. The predicted octanol–water partition coefficient (Wildman–Crippen LogP) is 1.64. The van der Waals surface area contributed by atoms with E-state index in [2.05, 4.69) is 25.8 Å². The first-order chi connectivity index (χ1) is 10.7. The van der Waals surface area contributed by atoms with Gasteiger partial charge in [0.05, 0.1) is 13.2 Å². The lowest BCUT2D eigenvalue weighted by molar-refractivity contribution is 0.336. The Labute approximate surface area is 129 Å². The molecule has 0 saturated heterocycles. The van der Waals surface area contributed by atoms with Crippen LogP contribution in [0, 0.1) is 6.92 Å². The number of guanidine groups is 1. The molecule has 7 heteroatoms. The summed E-state index contributed by atoms with van der Waals surface area (Å²) in [5, 5.41) is 10.2. The Kier molecular flexibility index (Phi) is 5.76. The molecule has 2 rings (SSSR count). The summed E-state index contributed by atoms with van der Waals surface area (Å²) in [6.07, 6.45) is 0. The second kappa shape index (κ2) is 8.02. The van der Waals surface area contributed by atoms with Gasteiger partial charge in [0.15, 0.2) is 11.8 Å². The molecule has 0 bridgehead atoms. The zero-order valence-electron chi connectivity index (χ0n) is 13.1. The van der Waals surface area contributed by atoms with Gasteiger partial charge >= 0.3 is 0 Å². The monoisotopic (exact) mass is 303 g/mol. The molecule has 118 valence electrons. The van der Waals surface area contributed by atoms with Crippen molar-refractivity contribution in [3.63, 3.8) is 0 Å². The van der Waals surface area contributed by atoms with E-state index in [-0.39, 0.29) is 0 Å². The number of aryl methyl sites for hydroxylation is 1. The molecule has 0 aliphatic heterocycles. The lowest BCUT2D eigenvalue weighted by Gasteiger charge is -2.13. The van der Waals surface area contributed by atoms with E-state index < -0.39 is 0 Å². The van der Waals surface area contributed by atoms with E-state index >= 15 is 0 Å². The number of aromatic nitrogens is 2. The molecule has 2 N–H and O–H groups in total. The summed E-state index contributed by atoms with van der Waals surface area (Å²) >= 11 is 0. The van der Waals surface area contributed by atoms with Gasteiger partial charge in [-0.1, -0.05) is 23.4 Å². The van der Waals surface area contributed by atoms with E-state index in [1.165, 1.54) is 0 Å². The van der Waals surface area contributed by atoms with Crippen LogP contribution in [0.4, 0.5) is 0 Å². The minimum Gasteiger partial charge on any atom is -0.494 e. The van der Waals surface area contributed by atoms with Crippen LogP contribution in [-0.2, 0) is 13.1 Å². The van der Waals surface area contributed by atoms with Crippen LogP contribution in [0.3, 0.4) is 0 Å². The molecular formula is C15H21N5O2. The normalized spacial score (nSPS) is 11.3. The highest BCUT2D eigenvalue weighted by Crippen LogP contribution is 2.17. The van der Waals surface area contributed by atoms with Gasteiger partial charge in [-0.05, 0) is 13.0 Å². The predicted molar refractivity (Wildman–Crippen MR) is 83.7 cm³/mol. The molecule has 0 aliphatic carbocycles. The lowest BCUT2D eigenvalue weighted by atomic mass is 10.2. The molecule has 1 aromatic heterocycles. The molecule has 0 spiro atoms. The van der Waals surface area contributed by atoms with Crippen molar-refractivity contribution in [1.82, 2.24) is 20.8 Å². The molecule has 0 amide bonds. The van der Waals surface area contributed by atoms with Gasteiger partial charge in [0, 0.05) is 26.1 Å². The fourth-order valence-corrected chi connectivity index (χ4v) is 1.92. The fourth-order valence-electron chi connectivity index (χ4n) is 1.92. The van der Waals surface area contributed by atoms with Crippen molar-refractivity contribution in [2.45, 2.75) is 26.9 Å². The average Bonchev–Trinajstić information content (AvgIpc) is 2.95. The molecule has 22 heavy (non-hydrogen) atoms. The van der Waals surface area contributed by atoms with E-state index in [0.29, 0.717) is 37.4 Å². The third-order valence-corrected chi connectivity index (χ3v) is 2.93. The molecular weight excluding hydrogens is 282 g/mol. The van der Waals surface area contributed by atoms with E-state index in [4.69, 9.17) is 9.26 Å². The molecule has 0 fully saturated rings. The van der Waals surface area contributed by atoms with Crippen molar-refractivity contribution < 1.29 is 9.26 Å². The molecule has 2 aromatic rings. The van der Waals surface area contributed by atoms with E-state index in [1.54, 1.807) is 14.0 Å². The highest BCUT2D eigenvalue weighted by molar-refractivity contribution is 5.79. The van der Waals surface area contributed by atoms with E-state index in [0.717, 1.165) is 11.3 Å². The quantitative estimate of drug-likeness (QED) is 0.623. The van der Waals surface area contributed by atoms with Crippen molar-refractivity contribution in [2.24, 2.45) is 4.99 Å². The summed E-state index contributed by atoms with van der Waals surface area (Å²) in [6.45, 7) is 5.43. The van der Waals surface area contributed by atoms with Gasteiger partial charge in [0.2, 0.25) is 5.89 Å². The number of para-hydroxylation sites is 1. The minimum absolute atomic E-state index is 0.449. The number of rotatable bonds is 6. The maximum absolute atomic E-state index is 5.60. The second-order valence-corrected chi connectivity index (χ2v) is 4.55. The number of hydrogen-bond donors (Lipinski definition) is 2. The van der Waals surface area contributed by atoms with Gasteiger partial charge in [0.1, 0.15) is 5.75 Å². The number of benzene rings is 1. The van der Waals surface area contributed by atoms with Crippen molar-refractivity contribution >= 4 is 5.96 Å². The highest BCUT2D eigenvalue weighted by Gasteiger charge is 2.06. The molecule has 0 unspecified atom stereocenters. The zero-order valence-corrected chi connectivity index (χ0v) is 13.1. The second-order valence-electron chi connectivity index (χ2n) is 4.55. The molecule has 0 saturated carbocycles. The Morgan fingerprint density at radius 2 is 2.05 bits per heavy atom. The molecule has 1 aromatic carbocycles. The van der Waals surface area contributed by atoms with Crippen molar-refractivity contribution in [2.75, 3.05) is 13.7 Å². The van der Waals surface area contributed by atoms with Crippen LogP contribution in [0.25, 0.3) is 0 Å². The number of hydrogen-bond acceptors (Lipinski definition) is 5. The number of nitrogens with one attached hydrogen (secondary N) is 2. The fraction of sp³-hybridized carbons (Fsp3) is 0.400. The van der Waals surface area contributed by atoms with Crippen LogP contribution in [0.2, 0.25) is 0 Å². The standard InChI is InChI=1S/C15H21N5O2/c1-4-21-13-8-6-5-7-12(13)9-17-15(16-3)18-10-14-19-11(2)22-20-14/h5-8H,4,9-10H2,1-3H3,(H2,16,17,18). The van der Waals surface area contributed by atoms with Crippen LogP contribution >= 0.6 is 0 Å². The Morgan fingerprint density at radius 3 is 2.73 bits per heavy atom. The highest BCUT2D eigenvalue weighted by atomic mass is 16.5. The van der Waals surface area contributed by atoms with Crippen LogP contribution in [0.15, 0.2) is 33.8 Å². The first kappa shape index (κ1) is 15.8. The Hall–Kier alpha value is -2.57. The minimum atomic E-state index is 0.449. The van der Waals surface area contributed by atoms with Crippen molar-refractivity contribution in [3.8, 4) is 5.75 Å². The molecule has 0 radical (unpaired) electrons. The Bertz CT molecular complexity index is 624. The summed E-state index contributed by atoms with van der Waals surface area (Å²) in [4.78, 5) is 8.30. The van der Waals surface area contributed by atoms with Crippen LogP contribution in [-0.4, -0.2) is 29.8 Å². The van der Waals surface area contributed by atoms with Crippen LogP contribution < -0.4 is 15.4 Å². The van der Waals surface area contributed by atoms with Crippen molar-refractivity contribution in [3.05, 3.63) is 41.5 Å². The van der Waals surface area contributed by atoms with Gasteiger partial charge in [0.25, 0.3) is 0 Å². The SMILES string of the molecule is CCOc1ccccc1CNC(=NC)NCc1noc(C)n1. The van der Waals surface area contributed by atoms with Crippen LogP contribution in [0.5, 0.6) is 5.75 Å². The molecule has 7 nitrogen and oxygen atoms in total. The molecule has 0 atom stereocenters. The third-order valence-electron chi connectivity index (χ3n) is 2.93. The van der Waals surface area contributed by atoms with Crippen LogP contribution in [0.1, 0.15) is 24.2 Å². The maximum Gasteiger partial charge on any atom is 0.223 e. The zero-order chi connectivity index (χ0) is 15.8. The summed E-state index contributed by atoms with van der Waals surface area (Å²) in [7, 11) is 1.71. The third kappa shape index (κ3) is 4.47. The van der Waals surface area contributed by atoms with E-state index in [9.17, 15) is 0 Å². The summed E-state index contributed by atoms with van der Waals surface area (Å²) in [5.74, 6) is 2.68. The topological polar surface area (TPSA) is 84.6 Å². The average molecular weight is 303 g/mol. The Balaban J connectivity index is 1.88. The van der Waals surface area contributed by atoms with Gasteiger partial charge in [-0.2, -0.15) is 4.98 Å². The van der Waals surface area contributed by atoms with Gasteiger partial charge in [-0.15, -0.1) is 0 Å². The van der Waals surface area contributed by atoms with Gasteiger partial charge < -0.3 is 19.9 Å². The number of aliphatic imine (C=N–C) groups is 1. The van der Waals surface area contributed by atoms with Gasteiger partial charge in [-0.3, -0.25) is 4.99 Å². The first-order valence-electron chi connectivity index (χ1n) is 7.17. The Morgan fingerprint density at radius 1 is 1.27 bits per heavy atom. The smallest absolute Gasteiger partial charge is 0.223 e. The first-order valence-corrected chi connectivity index (χ1v) is 7.17. The maximum atomic E-state index is 5.60. The molecule has 0 aliphatic rings. The number of nitrogens with zero attached hydrogens (tertiary/aromatic N) is 3. The molecule has 1 heterocycles. The summed E-state index contributed by atoms with van der Waals surface area (Å²) in [5.41, 5.74) is 1.07. The van der Waals surface area contributed by atoms with Crippen molar-refractivity contribution in [1.29, 1.82) is 0 Å². The summed E-state index contributed by atoms with van der Waals surface area (Å²) < 4.78 is 10.5. The number of ether oxygens (including phenoxy) is 1.